The zero-order chi connectivity index (χ0) is 23.3. The number of hydrogen-bond acceptors (Lipinski definition) is 4. The first-order chi connectivity index (χ1) is 15.7. The van der Waals surface area contributed by atoms with Gasteiger partial charge < -0.3 is 4.74 Å². The molecule has 3 heterocycles. The second-order valence-electron chi connectivity index (χ2n) is 8.82. The van der Waals surface area contributed by atoms with E-state index >= 15 is 0 Å². The monoisotopic (exact) mass is 632 g/mol. The first-order valence-corrected chi connectivity index (χ1v) is 12.7. The summed E-state index contributed by atoms with van der Waals surface area (Å²) < 4.78 is 9.20. The molecular formula is C24H24Cl3IN4O2. The average Bonchev–Trinajstić information content (AvgIpc) is 3.16. The van der Waals surface area contributed by atoms with Crippen LogP contribution in [-0.4, -0.2) is 33.8 Å². The average molecular weight is 634 g/mol. The molecule has 3 aromatic rings. The lowest BCUT2D eigenvalue weighted by Gasteiger charge is -2.34. The Hall–Kier alpha value is -1.52. The molecule has 0 spiro atoms. The normalized spacial score (nSPS) is 16.6. The third-order valence-corrected chi connectivity index (χ3v) is 7.23. The van der Waals surface area contributed by atoms with Gasteiger partial charge in [0.05, 0.1) is 22.0 Å². The summed E-state index contributed by atoms with van der Waals surface area (Å²) in [6.45, 7) is 5.58. The van der Waals surface area contributed by atoms with Crippen molar-refractivity contribution >= 4 is 64.1 Å². The number of amides is 1. The van der Waals surface area contributed by atoms with Crippen molar-refractivity contribution in [1.29, 1.82) is 0 Å². The van der Waals surface area contributed by atoms with Crippen LogP contribution in [0.1, 0.15) is 49.2 Å². The number of carbonyl (C=O) groups is 1. The number of carbonyl (C=O) groups excluding carboxylic acids is 1. The molecule has 180 valence electrons. The quantitative estimate of drug-likeness (QED) is 0.329. The molecule has 2 aliphatic heterocycles. The minimum Gasteiger partial charge on any atom is -0.482 e. The van der Waals surface area contributed by atoms with Crippen molar-refractivity contribution in [1.82, 2.24) is 20.2 Å². The first-order valence-electron chi connectivity index (χ1n) is 10.9. The maximum absolute atomic E-state index is 13.5. The van der Waals surface area contributed by atoms with Crippen molar-refractivity contribution in [3.05, 3.63) is 61.3 Å². The van der Waals surface area contributed by atoms with Gasteiger partial charge in [-0.3, -0.25) is 10.2 Å². The van der Waals surface area contributed by atoms with Gasteiger partial charge in [-0.25, -0.2) is 9.69 Å². The molecule has 0 aliphatic carbocycles. The molecule has 34 heavy (non-hydrogen) atoms. The number of ether oxygens (including phenoxy) is 1. The molecule has 10 heteroatoms. The third-order valence-electron chi connectivity index (χ3n) is 6.02. The largest absolute Gasteiger partial charge is 0.482 e. The van der Waals surface area contributed by atoms with Crippen LogP contribution in [0.4, 0.5) is 0 Å². The Morgan fingerprint density at radius 1 is 1.12 bits per heavy atom. The lowest BCUT2D eigenvalue weighted by atomic mass is 9.89. The van der Waals surface area contributed by atoms with Gasteiger partial charge in [0.25, 0.3) is 5.91 Å². The van der Waals surface area contributed by atoms with E-state index in [0.29, 0.717) is 21.4 Å². The van der Waals surface area contributed by atoms with Crippen molar-refractivity contribution in [3.8, 4) is 22.7 Å². The first kappa shape index (κ1) is 25.6. The van der Waals surface area contributed by atoms with Crippen LogP contribution in [0.2, 0.25) is 10.0 Å². The number of halogens is 4. The summed E-state index contributed by atoms with van der Waals surface area (Å²) in [5, 5.41) is 7.76. The van der Waals surface area contributed by atoms with E-state index in [9.17, 15) is 4.79 Å². The predicted octanol–water partition coefficient (Wildman–Crippen LogP) is 6.63. The Kier molecular flexibility index (Phi) is 7.41. The molecule has 1 aromatic heterocycles. The molecule has 0 unspecified atom stereocenters. The Morgan fingerprint density at radius 2 is 1.85 bits per heavy atom. The highest BCUT2D eigenvalue weighted by molar-refractivity contribution is 14.1. The summed E-state index contributed by atoms with van der Waals surface area (Å²) in [5.41, 5.74) is 5.64. The molecule has 5 rings (SSSR count). The summed E-state index contributed by atoms with van der Waals surface area (Å²) in [5.74, 6) is 0.497. The van der Waals surface area contributed by atoms with E-state index < -0.39 is 5.60 Å². The summed E-state index contributed by atoms with van der Waals surface area (Å²) in [6, 6.07) is 11.3. The van der Waals surface area contributed by atoms with Gasteiger partial charge in [0, 0.05) is 27.2 Å². The van der Waals surface area contributed by atoms with Crippen LogP contribution in [0, 0.1) is 3.57 Å². The molecule has 1 N–H and O–H groups in total. The van der Waals surface area contributed by atoms with Gasteiger partial charge in [-0.15, -0.1) is 12.4 Å². The zero-order valence-electron chi connectivity index (χ0n) is 18.7. The van der Waals surface area contributed by atoms with E-state index in [0.717, 1.165) is 52.1 Å². The van der Waals surface area contributed by atoms with Crippen molar-refractivity contribution in [2.45, 2.75) is 38.7 Å². The fourth-order valence-electron chi connectivity index (χ4n) is 4.53. The van der Waals surface area contributed by atoms with E-state index in [1.54, 1.807) is 16.8 Å². The van der Waals surface area contributed by atoms with Crippen LogP contribution in [-0.2, 0) is 5.60 Å². The van der Waals surface area contributed by atoms with Crippen LogP contribution in [0.25, 0.3) is 16.9 Å². The number of rotatable bonds is 3. The number of aromatic nitrogens is 2. The summed E-state index contributed by atoms with van der Waals surface area (Å²) in [4.78, 5) is 13.5. The van der Waals surface area contributed by atoms with Crippen molar-refractivity contribution in [2.24, 2.45) is 0 Å². The van der Waals surface area contributed by atoms with Crippen LogP contribution in [0.3, 0.4) is 0 Å². The number of hydrogen-bond donors (Lipinski definition) is 1. The van der Waals surface area contributed by atoms with Gasteiger partial charge in [-0.2, -0.15) is 5.10 Å². The van der Waals surface area contributed by atoms with E-state index in [1.807, 2.05) is 43.1 Å². The van der Waals surface area contributed by atoms with E-state index in [-0.39, 0.29) is 18.3 Å². The fraction of sp³-hybridized carbons (Fsp3) is 0.333. The smallest absolute Gasteiger partial charge is 0.286 e. The molecule has 1 amide bonds. The van der Waals surface area contributed by atoms with Gasteiger partial charge in [-0.05, 0) is 85.7 Å². The summed E-state index contributed by atoms with van der Waals surface area (Å²) in [7, 11) is 0. The lowest BCUT2D eigenvalue weighted by Crippen LogP contribution is -2.46. The highest BCUT2D eigenvalue weighted by Gasteiger charge is 2.41. The SMILES string of the molecule is CC1(C)Oc2cc(I)ccc2-c2c1c(C(=O)NN1CCCCC1)nn2-c1ccc(Cl)cc1Cl.Cl. The standard InChI is InChI=1S/C24H23Cl2IN4O2.ClH/c1-24(2)20-21(23(32)29-30-10-4-3-5-11-30)28-31(18-9-6-14(25)12-17(18)26)22(20)16-8-7-15(27)13-19(16)33-24;/h6-9,12-13H,3-5,10-11H2,1-2H3,(H,29,32);1H. The second-order valence-corrected chi connectivity index (χ2v) is 10.9. The van der Waals surface area contributed by atoms with E-state index in [2.05, 4.69) is 28.0 Å². The minimum atomic E-state index is -0.779. The van der Waals surface area contributed by atoms with Gasteiger partial charge in [0.1, 0.15) is 11.4 Å². The minimum absolute atomic E-state index is 0. The molecule has 6 nitrogen and oxygen atoms in total. The molecular weight excluding hydrogens is 610 g/mol. The Balaban J connectivity index is 0.00000274. The topological polar surface area (TPSA) is 59.4 Å². The van der Waals surface area contributed by atoms with Gasteiger partial charge in [0.15, 0.2) is 5.69 Å². The van der Waals surface area contributed by atoms with Crippen molar-refractivity contribution < 1.29 is 9.53 Å². The molecule has 0 bridgehead atoms. The fourth-order valence-corrected chi connectivity index (χ4v) is 5.48. The highest BCUT2D eigenvalue weighted by atomic mass is 127. The third kappa shape index (κ3) is 4.65. The number of piperidine rings is 1. The summed E-state index contributed by atoms with van der Waals surface area (Å²) in [6.07, 6.45) is 3.31. The Morgan fingerprint density at radius 3 is 2.56 bits per heavy atom. The summed E-state index contributed by atoms with van der Waals surface area (Å²) >= 11 is 15.0. The molecule has 0 saturated carbocycles. The lowest BCUT2D eigenvalue weighted by molar-refractivity contribution is 0.0720. The van der Waals surface area contributed by atoms with Crippen molar-refractivity contribution in [2.75, 3.05) is 13.1 Å². The molecule has 0 radical (unpaired) electrons. The predicted molar refractivity (Wildman–Crippen MR) is 146 cm³/mol. The highest BCUT2D eigenvalue weighted by Crippen LogP contribution is 2.48. The number of hydrazine groups is 1. The zero-order valence-corrected chi connectivity index (χ0v) is 23.2. The van der Waals surface area contributed by atoms with Gasteiger partial charge >= 0.3 is 0 Å². The molecule has 1 fully saturated rings. The number of benzene rings is 2. The maximum Gasteiger partial charge on any atom is 0.286 e. The van der Waals surface area contributed by atoms with Crippen LogP contribution in [0.5, 0.6) is 5.75 Å². The number of nitrogens with one attached hydrogen (secondary N) is 1. The second kappa shape index (κ2) is 9.85. The van der Waals surface area contributed by atoms with Crippen LogP contribution < -0.4 is 10.2 Å². The Bertz CT molecular complexity index is 1260. The molecule has 2 aliphatic rings. The van der Waals surface area contributed by atoms with Crippen LogP contribution >= 0.6 is 58.2 Å². The molecule has 0 atom stereocenters. The van der Waals surface area contributed by atoms with Gasteiger partial charge in [-0.1, -0.05) is 29.6 Å². The van der Waals surface area contributed by atoms with Gasteiger partial charge in [0.2, 0.25) is 0 Å². The number of nitrogens with zero attached hydrogens (tertiary/aromatic N) is 3. The van der Waals surface area contributed by atoms with Crippen molar-refractivity contribution in [3.63, 3.8) is 0 Å². The van der Waals surface area contributed by atoms with Crippen LogP contribution in [0.15, 0.2) is 36.4 Å². The van der Waals surface area contributed by atoms with E-state index in [1.165, 1.54) is 6.42 Å². The van der Waals surface area contributed by atoms with E-state index in [4.69, 9.17) is 33.0 Å². The molecule has 2 aromatic carbocycles. The number of fused-ring (bicyclic) bond motifs is 3. The maximum atomic E-state index is 13.5. The molecule has 1 saturated heterocycles. The Labute approximate surface area is 228 Å².